The summed E-state index contributed by atoms with van der Waals surface area (Å²) >= 11 is 0. The Morgan fingerprint density at radius 2 is 2.60 bits per heavy atom. The van der Waals surface area contributed by atoms with E-state index >= 15 is 0 Å². The van der Waals surface area contributed by atoms with Gasteiger partial charge in [-0.05, 0) is 0 Å². The van der Waals surface area contributed by atoms with Crippen LogP contribution < -0.4 is 5.73 Å². The van der Waals surface area contributed by atoms with Crippen LogP contribution in [0.2, 0.25) is 0 Å². The first kappa shape index (κ1) is 4.50. The number of hydrogen-bond acceptors (Lipinski definition) is 2. The van der Waals surface area contributed by atoms with Gasteiger partial charge in [0.15, 0.2) is 0 Å². The van der Waals surface area contributed by atoms with Crippen molar-refractivity contribution < 1.29 is 4.74 Å². The molecule has 0 saturated carbocycles. The number of nitrogens with two attached hydrogens (primary N) is 1. The summed E-state index contributed by atoms with van der Waals surface area (Å²) in [5.41, 5.74) is 4.85. The zero-order valence-corrected chi connectivity index (χ0v) is 2.98. The van der Waals surface area contributed by atoms with Crippen LogP contribution in [0.5, 0.6) is 0 Å². The molecule has 2 N–H and O–H groups in total. The third-order valence-corrected chi connectivity index (χ3v) is 0.214. The van der Waals surface area contributed by atoms with E-state index in [0.29, 0.717) is 0 Å². The molecule has 0 saturated heterocycles. The molecule has 0 rings (SSSR count). The Morgan fingerprint density at radius 1 is 2.00 bits per heavy atom. The maximum atomic E-state index is 4.85. The van der Waals surface area contributed by atoms with E-state index in [1.54, 1.807) is 0 Å². The molecule has 0 bridgehead atoms. The summed E-state index contributed by atoms with van der Waals surface area (Å²) in [5.74, 6) is 0. The third-order valence-electron chi connectivity index (χ3n) is 0.214. The van der Waals surface area contributed by atoms with E-state index in [-0.39, 0.29) is 6.73 Å². The summed E-state index contributed by atoms with van der Waals surface area (Å²) in [6, 6.07) is 0. The van der Waals surface area contributed by atoms with Crippen LogP contribution >= 0.6 is 0 Å². The first-order valence-corrected chi connectivity index (χ1v) is 1.34. The van der Waals surface area contributed by atoms with Gasteiger partial charge in [-0.1, -0.05) is 6.58 Å². The van der Waals surface area contributed by atoms with Gasteiger partial charge in [-0.2, -0.15) is 0 Å². The molecule has 0 aliphatic heterocycles. The molecule has 2 heteroatoms. The van der Waals surface area contributed by atoms with E-state index in [4.69, 9.17) is 5.73 Å². The molecule has 0 aliphatic rings. The van der Waals surface area contributed by atoms with E-state index in [9.17, 15) is 0 Å². The van der Waals surface area contributed by atoms with Crippen LogP contribution in [0.25, 0.3) is 0 Å². The summed E-state index contributed by atoms with van der Waals surface area (Å²) in [6.45, 7) is 3.47. The van der Waals surface area contributed by atoms with Gasteiger partial charge in [0.2, 0.25) is 0 Å². The standard InChI is InChI=1S/C3H7NO/c1-2-5-3-4/h2H,1,3-4H2. The Kier molecular flexibility index (Phi) is 3.15. The highest BCUT2D eigenvalue weighted by Gasteiger charge is 1.54. The molecule has 0 unspecified atom stereocenters. The summed E-state index contributed by atoms with van der Waals surface area (Å²) in [4.78, 5) is 0. The van der Waals surface area contributed by atoms with Crippen molar-refractivity contribution in [3.8, 4) is 0 Å². The van der Waals surface area contributed by atoms with Gasteiger partial charge in [0.1, 0.15) is 6.73 Å². The Bertz CT molecular complexity index is 28.1. The number of ether oxygens (including phenoxy) is 1. The van der Waals surface area contributed by atoms with Crippen molar-refractivity contribution in [1.82, 2.24) is 0 Å². The summed E-state index contributed by atoms with van der Waals surface area (Å²) in [7, 11) is 0. The van der Waals surface area contributed by atoms with Crippen LogP contribution in [-0.4, -0.2) is 6.73 Å². The van der Waals surface area contributed by atoms with E-state index in [1.165, 1.54) is 6.26 Å². The van der Waals surface area contributed by atoms with Crippen LogP contribution in [0.4, 0.5) is 0 Å². The van der Waals surface area contributed by atoms with E-state index in [0.717, 1.165) is 0 Å². The van der Waals surface area contributed by atoms with Crippen molar-refractivity contribution in [2.45, 2.75) is 0 Å². The van der Waals surface area contributed by atoms with Crippen LogP contribution in [0.15, 0.2) is 12.8 Å². The summed E-state index contributed by atoms with van der Waals surface area (Å²) in [6.07, 6.45) is 1.31. The fourth-order valence-electron chi connectivity index (χ4n) is 0.0680. The normalized spacial score (nSPS) is 6.60. The molecule has 0 aromatic rings. The molecule has 0 fully saturated rings. The lowest BCUT2D eigenvalue weighted by Crippen LogP contribution is -1.97. The molecule has 0 amide bonds. The average Bonchev–Trinajstić information content (AvgIpc) is 1.41. The maximum Gasteiger partial charge on any atom is 0.136 e. The third kappa shape index (κ3) is 3.50. The second-order valence-electron chi connectivity index (χ2n) is 0.500. The van der Waals surface area contributed by atoms with Crippen molar-refractivity contribution >= 4 is 0 Å². The molecule has 30 valence electrons. The molecule has 0 heterocycles. The van der Waals surface area contributed by atoms with Crippen molar-refractivity contribution in [3.63, 3.8) is 0 Å². The lowest BCUT2D eigenvalue weighted by atomic mass is 11.1. The van der Waals surface area contributed by atoms with Crippen molar-refractivity contribution in [2.24, 2.45) is 5.73 Å². The molecular weight excluding hydrogens is 66.0 g/mol. The lowest BCUT2D eigenvalue weighted by molar-refractivity contribution is 0.261. The highest BCUT2D eigenvalue weighted by molar-refractivity contribution is 4.44. The minimum Gasteiger partial charge on any atom is -0.487 e. The van der Waals surface area contributed by atoms with Gasteiger partial charge in [0.25, 0.3) is 0 Å². The highest BCUT2D eigenvalue weighted by atomic mass is 16.5. The molecular formula is C3H7NO. The second kappa shape index (κ2) is 3.50. The molecule has 2 nitrogen and oxygen atoms in total. The van der Waals surface area contributed by atoms with Crippen molar-refractivity contribution in [2.75, 3.05) is 6.73 Å². The molecule has 0 spiro atoms. The molecule has 5 heavy (non-hydrogen) atoms. The Morgan fingerprint density at radius 3 is 2.60 bits per heavy atom. The monoisotopic (exact) mass is 73.1 g/mol. The molecule has 0 aromatic heterocycles. The number of hydrogen-bond donors (Lipinski definition) is 1. The summed E-state index contributed by atoms with van der Waals surface area (Å²) in [5, 5.41) is 0. The van der Waals surface area contributed by atoms with Gasteiger partial charge in [-0.3, -0.25) is 5.73 Å². The van der Waals surface area contributed by atoms with Gasteiger partial charge in [-0.15, -0.1) is 0 Å². The predicted octanol–water partition coefficient (Wildman–Crippen LogP) is 0.0627. The fraction of sp³-hybridized carbons (Fsp3) is 0.333. The van der Waals surface area contributed by atoms with Crippen molar-refractivity contribution in [3.05, 3.63) is 12.8 Å². The Balaban J connectivity index is 2.40. The summed E-state index contributed by atoms with van der Waals surface area (Å²) < 4.78 is 4.38. The first-order chi connectivity index (χ1) is 2.41. The predicted molar refractivity (Wildman–Crippen MR) is 20.3 cm³/mol. The molecule has 0 aromatic carbocycles. The average molecular weight is 73.1 g/mol. The first-order valence-electron chi connectivity index (χ1n) is 1.34. The van der Waals surface area contributed by atoms with E-state index in [2.05, 4.69) is 11.3 Å². The minimum absolute atomic E-state index is 0.226. The van der Waals surface area contributed by atoms with Gasteiger partial charge in [0, 0.05) is 0 Å². The fourth-order valence-corrected chi connectivity index (χ4v) is 0.0680. The van der Waals surface area contributed by atoms with Gasteiger partial charge in [0.05, 0.1) is 6.26 Å². The van der Waals surface area contributed by atoms with Gasteiger partial charge >= 0.3 is 0 Å². The zero-order chi connectivity index (χ0) is 4.12. The van der Waals surface area contributed by atoms with Crippen LogP contribution in [-0.2, 0) is 4.74 Å². The van der Waals surface area contributed by atoms with Crippen LogP contribution in [0.1, 0.15) is 0 Å². The molecule has 0 radical (unpaired) electrons. The largest absolute Gasteiger partial charge is 0.487 e. The lowest BCUT2D eigenvalue weighted by Gasteiger charge is -1.84. The van der Waals surface area contributed by atoms with Crippen LogP contribution in [0, 0.1) is 0 Å². The maximum absolute atomic E-state index is 4.85. The minimum atomic E-state index is 0.226. The quantitative estimate of drug-likeness (QED) is 0.370. The smallest absolute Gasteiger partial charge is 0.136 e. The van der Waals surface area contributed by atoms with Crippen molar-refractivity contribution in [1.29, 1.82) is 0 Å². The van der Waals surface area contributed by atoms with Gasteiger partial charge in [-0.25, -0.2) is 0 Å². The zero-order valence-electron chi connectivity index (χ0n) is 2.98. The Hall–Kier alpha value is -0.500. The van der Waals surface area contributed by atoms with Gasteiger partial charge < -0.3 is 4.74 Å². The second-order valence-corrected chi connectivity index (χ2v) is 0.500. The molecule has 0 aliphatic carbocycles. The van der Waals surface area contributed by atoms with E-state index < -0.39 is 0 Å². The molecule has 0 atom stereocenters. The number of rotatable bonds is 2. The topological polar surface area (TPSA) is 35.2 Å². The SMILES string of the molecule is C=COCN. The Labute approximate surface area is 31.2 Å². The van der Waals surface area contributed by atoms with Crippen LogP contribution in [0.3, 0.4) is 0 Å². The van der Waals surface area contributed by atoms with E-state index in [1.807, 2.05) is 0 Å². The highest BCUT2D eigenvalue weighted by Crippen LogP contribution is 1.58.